The highest BCUT2D eigenvalue weighted by Crippen LogP contribution is 2.32. The molecule has 2 rings (SSSR count). The van der Waals surface area contributed by atoms with E-state index in [2.05, 4.69) is 11.9 Å². The molecule has 19 heavy (non-hydrogen) atoms. The van der Waals surface area contributed by atoms with Gasteiger partial charge in [-0.1, -0.05) is 25.5 Å². The zero-order valence-electron chi connectivity index (χ0n) is 11.6. The average molecular weight is 259 g/mol. The van der Waals surface area contributed by atoms with E-state index in [4.69, 9.17) is 10.5 Å². The molecule has 1 aromatic carbocycles. The van der Waals surface area contributed by atoms with Crippen molar-refractivity contribution in [2.45, 2.75) is 33.2 Å². The van der Waals surface area contributed by atoms with Gasteiger partial charge in [-0.2, -0.15) is 0 Å². The molecule has 1 heterocycles. The highest BCUT2D eigenvalue weighted by atomic mass is 16.5. The Morgan fingerprint density at radius 3 is 2.79 bits per heavy atom. The van der Waals surface area contributed by atoms with Crippen LogP contribution >= 0.6 is 0 Å². The van der Waals surface area contributed by atoms with Crippen LogP contribution in [-0.2, 0) is 6.54 Å². The predicted molar refractivity (Wildman–Crippen MR) is 78.2 cm³/mol. The maximum Gasteiger partial charge on any atom is 0.131 e. The lowest BCUT2D eigenvalue weighted by molar-refractivity contribution is 0.341. The van der Waals surface area contributed by atoms with Crippen LogP contribution in [0.25, 0.3) is 11.3 Å². The van der Waals surface area contributed by atoms with E-state index in [0.717, 1.165) is 36.4 Å². The van der Waals surface area contributed by atoms with Crippen molar-refractivity contribution in [2.24, 2.45) is 0 Å². The number of benzene rings is 1. The third-order valence-electron chi connectivity index (χ3n) is 3.07. The van der Waals surface area contributed by atoms with Crippen molar-refractivity contribution in [3.8, 4) is 17.0 Å². The first kappa shape index (κ1) is 13.5. The van der Waals surface area contributed by atoms with E-state index in [1.807, 2.05) is 42.1 Å². The van der Waals surface area contributed by atoms with E-state index < -0.39 is 0 Å². The van der Waals surface area contributed by atoms with Gasteiger partial charge in [0, 0.05) is 12.1 Å². The lowest BCUT2D eigenvalue weighted by atomic mass is 10.1. The number of ether oxygens (including phenoxy) is 1. The summed E-state index contributed by atoms with van der Waals surface area (Å²) < 4.78 is 7.63. The Labute approximate surface area is 114 Å². The molecule has 4 nitrogen and oxygen atoms in total. The smallest absolute Gasteiger partial charge is 0.131 e. The third kappa shape index (κ3) is 2.89. The zero-order chi connectivity index (χ0) is 13.7. The molecular formula is C15H21N3O. The first-order valence-corrected chi connectivity index (χ1v) is 6.80. The van der Waals surface area contributed by atoms with Crippen LogP contribution in [0.15, 0.2) is 30.6 Å². The van der Waals surface area contributed by atoms with Crippen molar-refractivity contribution in [1.29, 1.82) is 0 Å². The molecule has 0 saturated carbocycles. The number of para-hydroxylation sites is 1. The maximum absolute atomic E-state index is 6.19. The van der Waals surface area contributed by atoms with Crippen LogP contribution < -0.4 is 10.5 Å². The molecule has 0 amide bonds. The van der Waals surface area contributed by atoms with Gasteiger partial charge < -0.3 is 15.0 Å². The number of aryl methyl sites for hydroxylation is 1. The number of imidazole rings is 1. The van der Waals surface area contributed by atoms with E-state index >= 15 is 0 Å². The van der Waals surface area contributed by atoms with E-state index in [1.165, 1.54) is 0 Å². The van der Waals surface area contributed by atoms with Crippen LogP contribution in [-0.4, -0.2) is 16.2 Å². The van der Waals surface area contributed by atoms with Crippen molar-refractivity contribution >= 4 is 5.82 Å². The number of nitrogens with zero attached hydrogens (tertiary/aromatic N) is 2. The van der Waals surface area contributed by atoms with Crippen molar-refractivity contribution in [2.75, 3.05) is 12.3 Å². The van der Waals surface area contributed by atoms with Crippen LogP contribution in [0.5, 0.6) is 5.75 Å². The Bertz CT molecular complexity index is 534. The van der Waals surface area contributed by atoms with Crippen molar-refractivity contribution < 1.29 is 4.74 Å². The van der Waals surface area contributed by atoms with E-state index in [9.17, 15) is 0 Å². The monoisotopic (exact) mass is 259 g/mol. The lowest BCUT2D eigenvalue weighted by Gasteiger charge is -2.09. The van der Waals surface area contributed by atoms with Gasteiger partial charge in [-0.3, -0.25) is 0 Å². The van der Waals surface area contributed by atoms with Crippen LogP contribution in [0.2, 0.25) is 0 Å². The molecule has 0 aliphatic carbocycles. The fourth-order valence-corrected chi connectivity index (χ4v) is 2.05. The van der Waals surface area contributed by atoms with Crippen LogP contribution in [0, 0.1) is 0 Å². The summed E-state index contributed by atoms with van der Waals surface area (Å²) in [6.07, 6.45) is 4.05. The van der Waals surface area contributed by atoms with E-state index in [-0.39, 0.29) is 0 Å². The first-order valence-electron chi connectivity index (χ1n) is 6.80. The molecule has 2 N–H and O–H groups in total. The predicted octanol–water partition coefficient (Wildman–Crippen LogP) is 3.33. The highest BCUT2D eigenvalue weighted by Gasteiger charge is 2.13. The summed E-state index contributed by atoms with van der Waals surface area (Å²) in [6.45, 7) is 5.68. The Kier molecular flexibility index (Phi) is 4.44. The largest absolute Gasteiger partial charge is 0.493 e. The number of hydrogen-bond acceptors (Lipinski definition) is 3. The molecule has 4 heteroatoms. The van der Waals surface area contributed by atoms with Crippen molar-refractivity contribution in [1.82, 2.24) is 9.55 Å². The second kappa shape index (κ2) is 6.27. The summed E-state index contributed by atoms with van der Waals surface area (Å²) in [5.41, 5.74) is 7.95. The third-order valence-corrected chi connectivity index (χ3v) is 3.07. The normalized spacial score (nSPS) is 10.6. The summed E-state index contributed by atoms with van der Waals surface area (Å²) in [5.74, 6) is 1.54. The van der Waals surface area contributed by atoms with Gasteiger partial charge in [0.25, 0.3) is 0 Å². The standard InChI is InChI=1S/C15H21N3O/c1-3-5-10-18-11-17-14(15(18)16)12-8-6-7-9-13(12)19-4-2/h6-9,11H,3-5,10,16H2,1-2H3. The van der Waals surface area contributed by atoms with E-state index in [0.29, 0.717) is 12.4 Å². The highest BCUT2D eigenvalue weighted by molar-refractivity contribution is 5.75. The summed E-state index contributed by atoms with van der Waals surface area (Å²) in [6, 6.07) is 7.87. The molecule has 0 bridgehead atoms. The SMILES string of the molecule is CCCCn1cnc(-c2ccccc2OCC)c1N. The summed E-state index contributed by atoms with van der Waals surface area (Å²) >= 11 is 0. The van der Waals surface area contributed by atoms with Crippen LogP contribution in [0.1, 0.15) is 26.7 Å². The fourth-order valence-electron chi connectivity index (χ4n) is 2.05. The molecule has 0 radical (unpaired) electrons. The van der Waals surface area contributed by atoms with Gasteiger partial charge in [-0.25, -0.2) is 4.98 Å². The molecule has 2 aromatic rings. The molecule has 1 aromatic heterocycles. The summed E-state index contributed by atoms with van der Waals surface area (Å²) in [5, 5.41) is 0. The molecule has 0 aliphatic rings. The van der Waals surface area contributed by atoms with Gasteiger partial charge in [-0.05, 0) is 25.5 Å². The molecule has 0 aliphatic heterocycles. The molecule has 0 atom stereocenters. The molecule has 0 fully saturated rings. The number of unbranched alkanes of at least 4 members (excludes halogenated alkanes) is 1. The number of aromatic nitrogens is 2. The number of nitrogens with two attached hydrogens (primary N) is 1. The minimum atomic E-state index is 0.632. The Morgan fingerprint density at radius 2 is 2.05 bits per heavy atom. The molecule has 0 saturated heterocycles. The minimum Gasteiger partial charge on any atom is -0.493 e. The second-order valence-corrected chi connectivity index (χ2v) is 4.45. The van der Waals surface area contributed by atoms with E-state index in [1.54, 1.807) is 0 Å². The Balaban J connectivity index is 2.34. The van der Waals surface area contributed by atoms with Gasteiger partial charge in [0.2, 0.25) is 0 Å². The van der Waals surface area contributed by atoms with Crippen LogP contribution in [0.3, 0.4) is 0 Å². The second-order valence-electron chi connectivity index (χ2n) is 4.45. The van der Waals surface area contributed by atoms with Gasteiger partial charge >= 0.3 is 0 Å². The fraction of sp³-hybridized carbons (Fsp3) is 0.400. The number of hydrogen-bond donors (Lipinski definition) is 1. The quantitative estimate of drug-likeness (QED) is 0.865. The van der Waals surface area contributed by atoms with Crippen molar-refractivity contribution in [3.63, 3.8) is 0 Å². The number of nitrogen functional groups attached to an aromatic ring is 1. The molecular weight excluding hydrogens is 238 g/mol. The number of rotatable bonds is 6. The van der Waals surface area contributed by atoms with Gasteiger partial charge in [-0.15, -0.1) is 0 Å². The topological polar surface area (TPSA) is 53.1 Å². The summed E-state index contributed by atoms with van der Waals surface area (Å²) in [4.78, 5) is 4.44. The van der Waals surface area contributed by atoms with Gasteiger partial charge in [0.05, 0.1) is 12.9 Å². The van der Waals surface area contributed by atoms with Crippen LogP contribution in [0.4, 0.5) is 5.82 Å². The van der Waals surface area contributed by atoms with Crippen molar-refractivity contribution in [3.05, 3.63) is 30.6 Å². The summed E-state index contributed by atoms with van der Waals surface area (Å²) in [7, 11) is 0. The van der Waals surface area contributed by atoms with Gasteiger partial charge in [0.15, 0.2) is 0 Å². The minimum absolute atomic E-state index is 0.632. The average Bonchev–Trinajstić information content (AvgIpc) is 2.79. The zero-order valence-corrected chi connectivity index (χ0v) is 11.6. The lowest BCUT2D eigenvalue weighted by Crippen LogP contribution is -2.02. The number of anilines is 1. The Hall–Kier alpha value is -1.97. The molecule has 0 unspecified atom stereocenters. The van der Waals surface area contributed by atoms with Gasteiger partial charge in [0.1, 0.15) is 17.3 Å². The molecule has 0 spiro atoms. The Morgan fingerprint density at radius 1 is 1.26 bits per heavy atom. The molecule has 102 valence electrons. The maximum atomic E-state index is 6.19. The first-order chi connectivity index (χ1) is 9.27.